The van der Waals surface area contributed by atoms with Gasteiger partial charge in [-0.2, -0.15) is 0 Å². The summed E-state index contributed by atoms with van der Waals surface area (Å²) in [5, 5.41) is 0. The average Bonchev–Trinajstić information content (AvgIpc) is 2.15. The predicted molar refractivity (Wildman–Crippen MR) is 61.3 cm³/mol. The fourth-order valence-electron chi connectivity index (χ4n) is 1.23. The summed E-state index contributed by atoms with van der Waals surface area (Å²) in [6.07, 6.45) is 2.39. The van der Waals surface area contributed by atoms with Gasteiger partial charge in [0.25, 0.3) is 0 Å². The highest BCUT2D eigenvalue weighted by molar-refractivity contribution is 7.89. The molecule has 1 rings (SSSR count). The normalized spacial score (nSPS) is 11.2. The van der Waals surface area contributed by atoms with E-state index in [2.05, 4.69) is 9.97 Å². The van der Waals surface area contributed by atoms with Gasteiger partial charge in [0.15, 0.2) is 9.84 Å². The van der Waals surface area contributed by atoms with Crippen LogP contribution in [0.2, 0.25) is 0 Å². The minimum absolute atomic E-state index is 0.179. The van der Waals surface area contributed by atoms with Crippen LogP contribution < -0.4 is 0 Å². The molecule has 0 aromatic carbocycles. The molecule has 7 heteroatoms. The molecule has 1 aromatic heterocycles. The number of esters is 1. The van der Waals surface area contributed by atoms with E-state index < -0.39 is 15.8 Å². The van der Waals surface area contributed by atoms with Crippen molar-refractivity contribution in [3.05, 3.63) is 23.3 Å². The highest BCUT2D eigenvalue weighted by Crippen LogP contribution is 2.07. The number of rotatable bonds is 4. The molecule has 0 aliphatic heterocycles. The van der Waals surface area contributed by atoms with Crippen molar-refractivity contribution in [2.45, 2.75) is 19.6 Å². The quantitative estimate of drug-likeness (QED) is 0.731. The van der Waals surface area contributed by atoms with Gasteiger partial charge in [-0.3, -0.25) is 0 Å². The van der Waals surface area contributed by atoms with Crippen molar-refractivity contribution in [1.82, 2.24) is 9.97 Å². The number of aryl methyl sites for hydroxylation is 1. The molecule has 0 unspecified atom stereocenters. The molecule has 6 nitrogen and oxygen atoms in total. The minimum atomic E-state index is -3.18. The van der Waals surface area contributed by atoms with Crippen LogP contribution in [0.3, 0.4) is 0 Å². The molecule has 1 aromatic rings. The zero-order chi connectivity index (χ0) is 13.1. The number of carbonyl (C=O) groups excluding carboxylic acids is 1. The van der Waals surface area contributed by atoms with Crippen LogP contribution in [0.15, 0.2) is 6.20 Å². The van der Waals surface area contributed by atoms with E-state index in [9.17, 15) is 13.2 Å². The zero-order valence-corrected chi connectivity index (χ0v) is 10.7. The maximum atomic E-state index is 11.4. The summed E-state index contributed by atoms with van der Waals surface area (Å²) in [5.41, 5.74) is 0.668. The van der Waals surface area contributed by atoms with Crippen molar-refractivity contribution in [2.75, 3.05) is 12.9 Å². The minimum Gasteiger partial charge on any atom is -0.462 e. The average molecular weight is 258 g/mol. The van der Waals surface area contributed by atoms with Crippen molar-refractivity contribution in [1.29, 1.82) is 0 Å². The molecule has 0 aliphatic rings. The molecule has 0 spiro atoms. The first-order valence-corrected chi connectivity index (χ1v) is 7.07. The van der Waals surface area contributed by atoms with Crippen LogP contribution in [0.1, 0.15) is 28.8 Å². The van der Waals surface area contributed by atoms with Crippen LogP contribution in [-0.2, 0) is 20.3 Å². The largest absolute Gasteiger partial charge is 0.462 e. The van der Waals surface area contributed by atoms with Crippen molar-refractivity contribution in [2.24, 2.45) is 0 Å². The molecule has 0 saturated carbocycles. The monoisotopic (exact) mass is 258 g/mol. The van der Waals surface area contributed by atoms with Crippen molar-refractivity contribution in [3.63, 3.8) is 0 Å². The first kappa shape index (κ1) is 13.6. The van der Waals surface area contributed by atoms with Gasteiger partial charge in [-0.25, -0.2) is 23.2 Å². The van der Waals surface area contributed by atoms with Gasteiger partial charge < -0.3 is 4.74 Å². The second kappa shape index (κ2) is 5.22. The molecule has 94 valence electrons. The summed E-state index contributed by atoms with van der Waals surface area (Å²) in [4.78, 5) is 19.2. The van der Waals surface area contributed by atoms with E-state index in [-0.39, 0.29) is 23.7 Å². The Labute approximate surface area is 100.0 Å². The highest BCUT2D eigenvalue weighted by atomic mass is 32.2. The maximum absolute atomic E-state index is 11.4. The predicted octanol–water partition coefficient (Wildman–Crippen LogP) is 0.506. The standard InChI is InChI=1S/C10H14N2O4S/c1-4-16-10(13)8-5-11-9(12-7(8)2)6-17(3,14)15/h5H,4,6H2,1-3H3. The molecule has 0 amide bonds. The summed E-state index contributed by atoms with van der Waals surface area (Å²) >= 11 is 0. The summed E-state index contributed by atoms with van der Waals surface area (Å²) in [6.45, 7) is 3.58. The van der Waals surface area contributed by atoms with Gasteiger partial charge in [-0.1, -0.05) is 0 Å². The van der Waals surface area contributed by atoms with E-state index in [1.807, 2.05) is 0 Å². The van der Waals surface area contributed by atoms with Crippen LogP contribution in [0.5, 0.6) is 0 Å². The number of hydrogen-bond donors (Lipinski definition) is 0. The Morgan fingerprint density at radius 1 is 1.47 bits per heavy atom. The second-order valence-corrected chi connectivity index (χ2v) is 5.72. The van der Waals surface area contributed by atoms with Gasteiger partial charge in [-0.05, 0) is 13.8 Å². The highest BCUT2D eigenvalue weighted by Gasteiger charge is 2.14. The van der Waals surface area contributed by atoms with Crippen LogP contribution in [-0.4, -0.2) is 37.2 Å². The lowest BCUT2D eigenvalue weighted by molar-refractivity contribution is 0.0524. The van der Waals surface area contributed by atoms with Gasteiger partial charge in [0.2, 0.25) is 0 Å². The number of nitrogens with zero attached hydrogens (tertiary/aromatic N) is 2. The first-order valence-electron chi connectivity index (χ1n) is 5.01. The van der Waals surface area contributed by atoms with Crippen molar-refractivity contribution >= 4 is 15.8 Å². The lowest BCUT2D eigenvalue weighted by atomic mass is 10.2. The van der Waals surface area contributed by atoms with Crippen LogP contribution in [0.4, 0.5) is 0 Å². The number of hydrogen-bond acceptors (Lipinski definition) is 6. The SMILES string of the molecule is CCOC(=O)c1cnc(CS(C)(=O)=O)nc1C. The molecule has 17 heavy (non-hydrogen) atoms. The molecule has 0 bridgehead atoms. The van der Waals surface area contributed by atoms with E-state index >= 15 is 0 Å². The summed E-state index contributed by atoms with van der Waals surface area (Å²) in [7, 11) is -3.18. The summed E-state index contributed by atoms with van der Waals surface area (Å²) in [5.74, 6) is -0.564. The van der Waals surface area contributed by atoms with E-state index in [0.29, 0.717) is 5.69 Å². The second-order valence-electron chi connectivity index (χ2n) is 3.58. The molecule has 0 aliphatic carbocycles. The number of sulfone groups is 1. The number of carbonyl (C=O) groups is 1. The Hall–Kier alpha value is -1.50. The third-order valence-electron chi connectivity index (χ3n) is 1.92. The van der Waals surface area contributed by atoms with E-state index in [4.69, 9.17) is 4.74 Å². The Morgan fingerprint density at radius 2 is 2.12 bits per heavy atom. The fourth-order valence-corrected chi connectivity index (χ4v) is 1.84. The van der Waals surface area contributed by atoms with Gasteiger partial charge in [0, 0.05) is 12.5 Å². The van der Waals surface area contributed by atoms with E-state index in [0.717, 1.165) is 6.26 Å². The molecule has 0 N–H and O–H groups in total. The molecular formula is C10H14N2O4S. The Bertz CT molecular complexity index is 525. The topological polar surface area (TPSA) is 86.2 Å². The van der Waals surface area contributed by atoms with Gasteiger partial charge in [0.1, 0.15) is 11.6 Å². The number of ether oxygens (including phenoxy) is 1. The van der Waals surface area contributed by atoms with Gasteiger partial charge in [0.05, 0.1) is 17.9 Å². The Balaban J connectivity index is 2.98. The van der Waals surface area contributed by atoms with Crippen LogP contribution in [0, 0.1) is 6.92 Å². The van der Waals surface area contributed by atoms with Crippen molar-refractivity contribution in [3.8, 4) is 0 Å². The van der Waals surface area contributed by atoms with E-state index in [1.165, 1.54) is 6.20 Å². The molecule has 1 heterocycles. The molecule has 0 atom stereocenters. The molecule has 0 fully saturated rings. The molecular weight excluding hydrogens is 244 g/mol. The lowest BCUT2D eigenvalue weighted by Gasteiger charge is -2.05. The van der Waals surface area contributed by atoms with Gasteiger partial charge >= 0.3 is 5.97 Å². The Morgan fingerprint density at radius 3 is 2.59 bits per heavy atom. The fraction of sp³-hybridized carbons (Fsp3) is 0.500. The molecule has 0 saturated heterocycles. The van der Waals surface area contributed by atoms with E-state index in [1.54, 1.807) is 13.8 Å². The Kier molecular flexibility index (Phi) is 4.17. The van der Waals surface area contributed by atoms with Gasteiger partial charge in [-0.15, -0.1) is 0 Å². The van der Waals surface area contributed by atoms with Crippen LogP contribution >= 0.6 is 0 Å². The third-order valence-corrected chi connectivity index (χ3v) is 2.70. The summed E-state index contributed by atoms with van der Waals surface area (Å²) < 4.78 is 26.9. The molecule has 0 radical (unpaired) electrons. The van der Waals surface area contributed by atoms with Crippen LogP contribution in [0.25, 0.3) is 0 Å². The smallest absolute Gasteiger partial charge is 0.341 e. The first-order chi connectivity index (χ1) is 7.83. The maximum Gasteiger partial charge on any atom is 0.341 e. The number of aromatic nitrogens is 2. The third kappa shape index (κ3) is 4.10. The zero-order valence-electron chi connectivity index (χ0n) is 9.93. The summed E-state index contributed by atoms with van der Waals surface area (Å²) in [6, 6.07) is 0. The lowest BCUT2D eigenvalue weighted by Crippen LogP contribution is -2.12. The van der Waals surface area contributed by atoms with Crippen molar-refractivity contribution < 1.29 is 17.9 Å².